The first-order valence-corrected chi connectivity index (χ1v) is 10.3. The Morgan fingerprint density at radius 1 is 1.12 bits per heavy atom. The number of phenolic OH excluding ortho intramolecular Hbond substituents is 1. The first kappa shape index (κ1) is 19.8. The minimum Gasteiger partial charge on any atom is -0.508 e. The standard InChI is InChI=1S/C25H20N2O5/c28-19-6-3-16(4-7-19)22-21(23(29)18-5-8-20-17(12-18)9-11-32-20)24(30)25(31)27(22)14-15-2-1-10-26-13-15/h1-8,10,12-13,22,28-29H,9,11,14H2/b23-21-. The topological polar surface area (TPSA) is 100.0 Å². The zero-order chi connectivity index (χ0) is 22.2. The number of likely N-dealkylation sites (tertiary alicyclic amines) is 1. The summed E-state index contributed by atoms with van der Waals surface area (Å²) in [5, 5.41) is 20.9. The summed E-state index contributed by atoms with van der Waals surface area (Å²) < 4.78 is 5.53. The number of aliphatic hydroxyl groups is 1. The fraction of sp³-hybridized carbons (Fsp3) is 0.160. The minimum absolute atomic E-state index is 0.0171. The number of hydrogen-bond donors (Lipinski definition) is 2. The van der Waals surface area contributed by atoms with E-state index in [2.05, 4.69) is 4.98 Å². The van der Waals surface area contributed by atoms with E-state index >= 15 is 0 Å². The van der Waals surface area contributed by atoms with E-state index in [9.17, 15) is 19.8 Å². The number of rotatable bonds is 4. The Balaban J connectivity index is 1.64. The zero-order valence-corrected chi connectivity index (χ0v) is 17.1. The number of aromatic nitrogens is 1. The van der Waals surface area contributed by atoms with E-state index in [4.69, 9.17) is 4.74 Å². The molecule has 1 atom stereocenters. The number of aromatic hydroxyl groups is 1. The summed E-state index contributed by atoms with van der Waals surface area (Å²) in [4.78, 5) is 31.7. The van der Waals surface area contributed by atoms with E-state index < -0.39 is 17.7 Å². The van der Waals surface area contributed by atoms with Crippen LogP contribution in [-0.4, -0.2) is 38.4 Å². The third kappa shape index (κ3) is 3.37. The van der Waals surface area contributed by atoms with E-state index in [0.29, 0.717) is 24.2 Å². The molecule has 7 nitrogen and oxygen atoms in total. The number of Topliss-reactive ketones (excluding diaryl/α,β-unsaturated/α-hetero) is 1. The molecule has 0 bridgehead atoms. The van der Waals surface area contributed by atoms with Gasteiger partial charge in [0, 0.05) is 30.9 Å². The number of aliphatic hydroxyl groups excluding tert-OH is 1. The van der Waals surface area contributed by atoms with Gasteiger partial charge in [-0.05, 0) is 53.1 Å². The van der Waals surface area contributed by atoms with Crippen molar-refractivity contribution in [2.45, 2.75) is 19.0 Å². The Bertz CT molecular complexity index is 1230. The Morgan fingerprint density at radius 3 is 2.69 bits per heavy atom. The fourth-order valence-corrected chi connectivity index (χ4v) is 4.22. The quantitative estimate of drug-likeness (QED) is 0.376. The molecule has 1 amide bonds. The number of carbonyl (C=O) groups excluding carboxylic acids is 2. The Morgan fingerprint density at radius 2 is 1.94 bits per heavy atom. The van der Waals surface area contributed by atoms with Crippen molar-refractivity contribution in [2.24, 2.45) is 0 Å². The SMILES string of the molecule is O=C1C(=O)N(Cc2cccnc2)C(c2ccc(O)cc2)/C1=C(/O)c1ccc2c(c1)CCO2. The average Bonchev–Trinajstić information content (AvgIpc) is 3.38. The first-order chi connectivity index (χ1) is 15.5. The summed E-state index contributed by atoms with van der Waals surface area (Å²) >= 11 is 0. The van der Waals surface area contributed by atoms with Gasteiger partial charge in [-0.25, -0.2) is 0 Å². The van der Waals surface area contributed by atoms with Crippen LogP contribution in [0.1, 0.15) is 28.3 Å². The van der Waals surface area contributed by atoms with Crippen LogP contribution in [0.5, 0.6) is 11.5 Å². The van der Waals surface area contributed by atoms with E-state index in [1.54, 1.807) is 48.8 Å². The van der Waals surface area contributed by atoms with Crippen molar-refractivity contribution < 1.29 is 24.5 Å². The van der Waals surface area contributed by atoms with Crippen LogP contribution in [0, 0.1) is 0 Å². The van der Waals surface area contributed by atoms with Gasteiger partial charge in [-0.15, -0.1) is 0 Å². The molecule has 2 aliphatic rings. The lowest BCUT2D eigenvalue weighted by Gasteiger charge is -2.25. The maximum atomic E-state index is 13.1. The van der Waals surface area contributed by atoms with Gasteiger partial charge in [-0.2, -0.15) is 0 Å². The van der Waals surface area contributed by atoms with Crippen LogP contribution < -0.4 is 4.74 Å². The number of ether oxygens (including phenoxy) is 1. The third-order valence-electron chi connectivity index (χ3n) is 5.79. The number of ketones is 1. The molecule has 3 aromatic rings. The lowest BCUT2D eigenvalue weighted by Crippen LogP contribution is -2.29. The van der Waals surface area contributed by atoms with E-state index in [-0.39, 0.29) is 23.6 Å². The molecular formula is C25H20N2O5. The van der Waals surface area contributed by atoms with E-state index in [0.717, 1.165) is 16.9 Å². The maximum Gasteiger partial charge on any atom is 0.295 e. The number of phenols is 1. The van der Waals surface area contributed by atoms with Gasteiger partial charge in [0.25, 0.3) is 11.7 Å². The van der Waals surface area contributed by atoms with Crippen molar-refractivity contribution in [3.8, 4) is 11.5 Å². The Labute approximate surface area is 184 Å². The zero-order valence-electron chi connectivity index (χ0n) is 17.1. The molecule has 5 rings (SSSR count). The second kappa shape index (κ2) is 7.85. The number of pyridine rings is 1. The second-order valence-electron chi connectivity index (χ2n) is 7.80. The van der Waals surface area contributed by atoms with Crippen LogP contribution in [-0.2, 0) is 22.6 Å². The smallest absolute Gasteiger partial charge is 0.295 e. The van der Waals surface area contributed by atoms with Gasteiger partial charge < -0.3 is 19.8 Å². The molecule has 1 fully saturated rings. The van der Waals surface area contributed by atoms with Crippen molar-refractivity contribution in [1.29, 1.82) is 0 Å². The second-order valence-corrected chi connectivity index (χ2v) is 7.80. The van der Waals surface area contributed by atoms with Gasteiger partial charge in [0.1, 0.15) is 17.3 Å². The van der Waals surface area contributed by atoms with Gasteiger partial charge in [-0.1, -0.05) is 18.2 Å². The number of amides is 1. The largest absolute Gasteiger partial charge is 0.508 e. The van der Waals surface area contributed by atoms with Gasteiger partial charge in [-0.3, -0.25) is 14.6 Å². The summed E-state index contributed by atoms with van der Waals surface area (Å²) in [5.74, 6) is -0.853. The molecule has 0 radical (unpaired) electrons. The predicted octanol–water partition coefficient (Wildman–Crippen LogP) is 3.34. The molecule has 1 aromatic heterocycles. The van der Waals surface area contributed by atoms with E-state index in [1.165, 1.54) is 17.0 Å². The van der Waals surface area contributed by atoms with E-state index in [1.807, 2.05) is 6.07 Å². The lowest BCUT2D eigenvalue weighted by molar-refractivity contribution is -0.140. The summed E-state index contributed by atoms with van der Waals surface area (Å²) in [6.07, 6.45) is 3.98. The summed E-state index contributed by atoms with van der Waals surface area (Å²) in [5.41, 5.74) is 2.78. The third-order valence-corrected chi connectivity index (χ3v) is 5.79. The maximum absolute atomic E-state index is 13.1. The van der Waals surface area contributed by atoms with Crippen molar-refractivity contribution >= 4 is 17.4 Å². The van der Waals surface area contributed by atoms with Crippen LogP contribution in [0.2, 0.25) is 0 Å². The number of benzene rings is 2. The van der Waals surface area contributed by atoms with Gasteiger partial charge in [0.2, 0.25) is 0 Å². The first-order valence-electron chi connectivity index (χ1n) is 10.3. The van der Waals surface area contributed by atoms with Crippen molar-refractivity contribution in [1.82, 2.24) is 9.88 Å². The Hall–Kier alpha value is -4.13. The number of nitrogens with zero attached hydrogens (tertiary/aromatic N) is 2. The van der Waals surface area contributed by atoms with Crippen LogP contribution in [0.4, 0.5) is 0 Å². The molecule has 1 unspecified atom stereocenters. The van der Waals surface area contributed by atoms with Crippen LogP contribution in [0.25, 0.3) is 5.76 Å². The van der Waals surface area contributed by atoms with Crippen molar-refractivity contribution in [2.75, 3.05) is 6.61 Å². The van der Waals surface area contributed by atoms with Gasteiger partial charge in [0.05, 0.1) is 18.2 Å². The fourth-order valence-electron chi connectivity index (χ4n) is 4.22. The number of carbonyl (C=O) groups is 2. The van der Waals surface area contributed by atoms with Crippen LogP contribution in [0.15, 0.2) is 72.6 Å². The van der Waals surface area contributed by atoms with Gasteiger partial charge in [0.15, 0.2) is 0 Å². The summed E-state index contributed by atoms with van der Waals surface area (Å²) in [6.45, 7) is 0.724. The molecule has 7 heteroatoms. The molecule has 160 valence electrons. The number of fused-ring (bicyclic) bond motifs is 1. The minimum atomic E-state index is -0.805. The van der Waals surface area contributed by atoms with Crippen LogP contribution in [0.3, 0.4) is 0 Å². The Kier molecular flexibility index (Phi) is 4.86. The number of hydrogen-bond acceptors (Lipinski definition) is 6. The molecule has 2 N–H and O–H groups in total. The predicted molar refractivity (Wildman–Crippen MR) is 116 cm³/mol. The van der Waals surface area contributed by atoms with Crippen LogP contribution >= 0.6 is 0 Å². The highest BCUT2D eigenvalue weighted by molar-refractivity contribution is 6.46. The van der Waals surface area contributed by atoms with Crippen molar-refractivity contribution in [3.05, 3.63) is 94.8 Å². The molecule has 3 heterocycles. The summed E-state index contributed by atoms with van der Waals surface area (Å²) in [7, 11) is 0. The highest BCUT2D eigenvalue weighted by atomic mass is 16.5. The van der Waals surface area contributed by atoms with Gasteiger partial charge >= 0.3 is 0 Å². The molecule has 2 aromatic carbocycles. The lowest BCUT2D eigenvalue weighted by atomic mass is 9.94. The molecule has 1 saturated heterocycles. The molecular weight excluding hydrogens is 408 g/mol. The van der Waals surface area contributed by atoms with Crippen molar-refractivity contribution in [3.63, 3.8) is 0 Å². The molecule has 2 aliphatic heterocycles. The highest BCUT2D eigenvalue weighted by Crippen LogP contribution is 2.41. The monoisotopic (exact) mass is 428 g/mol. The molecule has 0 saturated carbocycles. The normalized spacial score (nSPS) is 19.1. The molecule has 0 spiro atoms. The average molecular weight is 428 g/mol. The molecule has 0 aliphatic carbocycles. The summed E-state index contributed by atoms with van der Waals surface area (Å²) in [6, 6.07) is 14.3. The molecule has 32 heavy (non-hydrogen) atoms. The highest BCUT2D eigenvalue weighted by Gasteiger charge is 2.46.